The van der Waals surface area contributed by atoms with Crippen molar-refractivity contribution in [2.75, 3.05) is 26.7 Å². The van der Waals surface area contributed by atoms with E-state index < -0.39 is 0 Å². The molecule has 0 spiro atoms. The van der Waals surface area contributed by atoms with E-state index in [1.165, 1.54) is 12.8 Å². The Labute approximate surface area is 186 Å². The molecule has 1 saturated heterocycles. The van der Waals surface area contributed by atoms with Crippen molar-refractivity contribution < 1.29 is 4.74 Å². The number of pyridine rings is 1. The van der Waals surface area contributed by atoms with Crippen molar-refractivity contribution in [1.82, 2.24) is 25.2 Å². The van der Waals surface area contributed by atoms with Gasteiger partial charge in [-0.25, -0.2) is 4.98 Å². The summed E-state index contributed by atoms with van der Waals surface area (Å²) >= 11 is 6.17. The van der Waals surface area contributed by atoms with Crippen molar-refractivity contribution in [3.8, 4) is 0 Å². The third-order valence-electron chi connectivity index (χ3n) is 5.77. The van der Waals surface area contributed by atoms with Crippen LogP contribution >= 0.6 is 11.6 Å². The number of hydrogen-bond acceptors (Lipinski definition) is 6. The average molecular weight is 442 g/mol. The first kappa shape index (κ1) is 21.9. The number of benzene rings is 1. The Hall–Kier alpha value is -2.32. The highest BCUT2D eigenvalue weighted by molar-refractivity contribution is 6.31. The summed E-state index contributed by atoms with van der Waals surface area (Å²) in [6, 6.07) is 9.24. The number of halogens is 1. The topological polar surface area (TPSA) is 83.1 Å². The van der Waals surface area contributed by atoms with E-state index in [-0.39, 0.29) is 12.2 Å². The zero-order valence-corrected chi connectivity index (χ0v) is 18.5. The van der Waals surface area contributed by atoms with E-state index in [4.69, 9.17) is 16.3 Å². The van der Waals surface area contributed by atoms with E-state index in [9.17, 15) is 4.79 Å². The maximum absolute atomic E-state index is 12.6. The second-order valence-corrected chi connectivity index (χ2v) is 8.54. The average Bonchev–Trinajstić information content (AvgIpc) is 2.77. The SMILES string of the molecule is CN1CCC(CNCc2nccc3c(=O)[nH]c(COCc4ccccc4Cl)nc23)CC1. The highest BCUT2D eigenvalue weighted by atomic mass is 35.5. The first-order valence-electron chi connectivity index (χ1n) is 10.7. The molecule has 2 N–H and O–H groups in total. The van der Waals surface area contributed by atoms with Gasteiger partial charge in [0.1, 0.15) is 17.9 Å². The molecule has 7 nitrogen and oxygen atoms in total. The minimum Gasteiger partial charge on any atom is -0.369 e. The molecule has 164 valence electrons. The molecule has 31 heavy (non-hydrogen) atoms. The molecule has 8 heteroatoms. The van der Waals surface area contributed by atoms with Gasteiger partial charge in [-0.1, -0.05) is 29.8 Å². The Morgan fingerprint density at radius 1 is 1.23 bits per heavy atom. The number of hydrogen-bond donors (Lipinski definition) is 2. The number of nitrogens with zero attached hydrogens (tertiary/aromatic N) is 3. The number of H-pyrrole nitrogens is 1. The van der Waals surface area contributed by atoms with Crippen LogP contribution in [0.25, 0.3) is 10.9 Å². The molecule has 3 aromatic rings. The summed E-state index contributed by atoms with van der Waals surface area (Å²) < 4.78 is 5.74. The van der Waals surface area contributed by atoms with E-state index in [0.29, 0.717) is 40.8 Å². The highest BCUT2D eigenvalue weighted by Gasteiger charge is 2.16. The lowest BCUT2D eigenvalue weighted by Gasteiger charge is -2.29. The van der Waals surface area contributed by atoms with Crippen molar-refractivity contribution in [2.24, 2.45) is 5.92 Å². The van der Waals surface area contributed by atoms with Crippen LogP contribution in [0.15, 0.2) is 41.3 Å². The molecular formula is C23H28ClN5O2. The van der Waals surface area contributed by atoms with Crippen LogP contribution in [0.5, 0.6) is 0 Å². The summed E-state index contributed by atoms with van der Waals surface area (Å²) in [4.78, 5) is 26.9. The summed E-state index contributed by atoms with van der Waals surface area (Å²) in [6.07, 6.45) is 4.08. The second-order valence-electron chi connectivity index (χ2n) is 8.13. The van der Waals surface area contributed by atoms with Gasteiger partial charge in [0.25, 0.3) is 5.56 Å². The van der Waals surface area contributed by atoms with Crippen molar-refractivity contribution in [3.63, 3.8) is 0 Å². The molecule has 1 fully saturated rings. The van der Waals surface area contributed by atoms with Crippen LogP contribution in [0.4, 0.5) is 0 Å². The van der Waals surface area contributed by atoms with Crippen molar-refractivity contribution in [1.29, 1.82) is 0 Å². The number of piperidine rings is 1. The van der Waals surface area contributed by atoms with Gasteiger partial charge >= 0.3 is 0 Å². The lowest BCUT2D eigenvalue weighted by Crippen LogP contribution is -2.34. The van der Waals surface area contributed by atoms with Gasteiger partial charge in [0.05, 0.1) is 17.7 Å². The van der Waals surface area contributed by atoms with Gasteiger partial charge in [0.2, 0.25) is 0 Å². The van der Waals surface area contributed by atoms with E-state index in [1.807, 2.05) is 24.3 Å². The quantitative estimate of drug-likeness (QED) is 0.558. The number of rotatable bonds is 8. The van der Waals surface area contributed by atoms with E-state index >= 15 is 0 Å². The van der Waals surface area contributed by atoms with Crippen molar-refractivity contribution >= 4 is 22.5 Å². The van der Waals surface area contributed by atoms with Gasteiger partial charge in [-0.15, -0.1) is 0 Å². The molecular weight excluding hydrogens is 414 g/mol. The van der Waals surface area contributed by atoms with Gasteiger partial charge in [0, 0.05) is 17.8 Å². The molecule has 1 aliphatic heterocycles. The van der Waals surface area contributed by atoms with Crippen LogP contribution in [-0.2, 0) is 24.5 Å². The third kappa shape index (κ3) is 5.68. The lowest BCUT2D eigenvalue weighted by atomic mass is 9.97. The number of likely N-dealkylation sites (tertiary alicyclic amines) is 1. The fraction of sp³-hybridized carbons (Fsp3) is 0.435. The number of aromatic amines is 1. The largest absolute Gasteiger partial charge is 0.369 e. The van der Waals surface area contributed by atoms with Crippen molar-refractivity contribution in [3.05, 3.63) is 69.0 Å². The summed E-state index contributed by atoms with van der Waals surface area (Å²) in [5, 5.41) is 4.71. The normalized spacial score (nSPS) is 15.5. The number of fused-ring (bicyclic) bond motifs is 1. The summed E-state index contributed by atoms with van der Waals surface area (Å²) in [5.41, 5.74) is 2.12. The van der Waals surface area contributed by atoms with Crippen LogP contribution in [0.3, 0.4) is 0 Å². The first-order valence-corrected chi connectivity index (χ1v) is 11.0. The Kier molecular flexibility index (Phi) is 7.29. The third-order valence-corrected chi connectivity index (χ3v) is 6.14. The zero-order valence-electron chi connectivity index (χ0n) is 17.7. The van der Waals surface area contributed by atoms with Crippen molar-refractivity contribution in [2.45, 2.75) is 32.6 Å². The molecule has 0 saturated carbocycles. The number of ether oxygens (including phenoxy) is 1. The van der Waals surface area contributed by atoms with Gasteiger partial charge in [-0.3, -0.25) is 9.78 Å². The van der Waals surface area contributed by atoms with E-state index in [0.717, 1.165) is 30.9 Å². The fourth-order valence-corrected chi connectivity index (χ4v) is 4.09. The minimum absolute atomic E-state index is 0.180. The molecule has 3 heterocycles. The van der Waals surface area contributed by atoms with Crippen LogP contribution in [0, 0.1) is 5.92 Å². The number of nitrogens with one attached hydrogen (secondary N) is 2. The predicted molar refractivity (Wildman–Crippen MR) is 122 cm³/mol. The van der Waals surface area contributed by atoms with Gasteiger partial charge in [0.15, 0.2) is 0 Å². The van der Waals surface area contributed by atoms with Crippen LogP contribution in [-0.4, -0.2) is 46.5 Å². The lowest BCUT2D eigenvalue weighted by molar-refractivity contribution is 0.102. The summed E-state index contributed by atoms with van der Waals surface area (Å²) in [6.45, 7) is 4.36. The number of aromatic nitrogens is 3. The Morgan fingerprint density at radius 2 is 2.03 bits per heavy atom. The second kappa shape index (κ2) is 10.3. The molecule has 0 aliphatic carbocycles. The maximum Gasteiger partial charge on any atom is 0.258 e. The molecule has 1 aromatic carbocycles. The van der Waals surface area contributed by atoms with Gasteiger partial charge in [-0.2, -0.15) is 0 Å². The molecule has 0 atom stereocenters. The fourth-order valence-electron chi connectivity index (χ4n) is 3.90. The van der Waals surface area contributed by atoms with Gasteiger partial charge in [-0.05, 0) is 63.1 Å². The Balaban J connectivity index is 1.41. The Morgan fingerprint density at radius 3 is 2.84 bits per heavy atom. The van der Waals surface area contributed by atoms with E-state index in [1.54, 1.807) is 12.3 Å². The minimum atomic E-state index is -0.180. The molecule has 0 bridgehead atoms. The summed E-state index contributed by atoms with van der Waals surface area (Å²) in [5.74, 6) is 1.16. The monoisotopic (exact) mass is 441 g/mol. The van der Waals surface area contributed by atoms with Crippen LogP contribution in [0.2, 0.25) is 5.02 Å². The molecule has 1 aliphatic rings. The molecule has 0 amide bonds. The highest BCUT2D eigenvalue weighted by Crippen LogP contribution is 2.17. The smallest absolute Gasteiger partial charge is 0.258 e. The van der Waals surface area contributed by atoms with Crippen LogP contribution in [0.1, 0.15) is 29.9 Å². The van der Waals surface area contributed by atoms with Gasteiger partial charge < -0.3 is 19.9 Å². The molecule has 0 unspecified atom stereocenters. The molecule has 4 rings (SSSR count). The first-order chi connectivity index (χ1) is 15.1. The van der Waals surface area contributed by atoms with Crippen LogP contribution < -0.4 is 10.9 Å². The van der Waals surface area contributed by atoms with E-state index in [2.05, 4.69) is 32.2 Å². The summed E-state index contributed by atoms with van der Waals surface area (Å²) in [7, 11) is 2.17. The standard InChI is InChI=1S/C23H28ClN5O2/c1-29-10-7-16(8-11-29)12-25-13-20-22-18(6-9-26-20)23(30)28-21(27-22)15-31-14-17-4-2-3-5-19(17)24/h2-6,9,16,25H,7-8,10-15H2,1H3,(H,27,28,30). The Bertz CT molecular complexity index is 1080. The zero-order chi connectivity index (χ0) is 21.6. The molecule has 2 aromatic heterocycles. The molecule has 0 radical (unpaired) electrons. The predicted octanol–water partition coefficient (Wildman–Crippen LogP) is 3.12. The maximum atomic E-state index is 12.6.